The first-order valence-corrected chi connectivity index (χ1v) is 10.4. The minimum absolute atomic E-state index is 0.0164. The quantitative estimate of drug-likeness (QED) is 0.632. The molecule has 1 aliphatic rings. The van der Waals surface area contributed by atoms with E-state index in [2.05, 4.69) is 5.32 Å². The van der Waals surface area contributed by atoms with E-state index < -0.39 is 0 Å². The minimum atomic E-state index is -0.319. The molecule has 1 fully saturated rings. The van der Waals surface area contributed by atoms with Gasteiger partial charge in [-0.2, -0.15) is 0 Å². The smallest absolute Gasteiger partial charge is 0.225 e. The van der Waals surface area contributed by atoms with E-state index in [9.17, 15) is 9.59 Å². The normalized spacial score (nSPS) is 15.8. The third kappa shape index (κ3) is 5.98. The fourth-order valence-electron chi connectivity index (χ4n) is 3.79. The van der Waals surface area contributed by atoms with Crippen LogP contribution >= 0.6 is 0 Å². The van der Waals surface area contributed by atoms with Crippen LogP contribution in [0.4, 0.5) is 0 Å². The molecule has 0 saturated carbocycles. The van der Waals surface area contributed by atoms with Crippen molar-refractivity contribution in [2.75, 3.05) is 34.4 Å². The van der Waals surface area contributed by atoms with E-state index in [1.807, 2.05) is 42.5 Å². The molecule has 0 aliphatic carbocycles. The molecular weight excluding hydrogens is 396 g/mol. The van der Waals surface area contributed by atoms with E-state index in [0.717, 1.165) is 16.7 Å². The number of hydrogen-bond donors (Lipinski definition) is 1. The zero-order valence-corrected chi connectivity index (χ0v) is 18.3. The van der Waals surface area contributed by atoms with Crippen LogP contribution in [0.1, 0.15) is 23.1 Å². The van der Waals surface area contributed by atoms with E-state index >= 15 is 0 Å². The number of hydrogen-bond acceptors (Lipinski definition) is 5. The third-order valence-electron chi connectivity index (χ3n) is 5.47. The van der Waals surface area contributed by atoms with E-state index in [1.165, 1.54) is 0 Å². The van der Waals surface area contributed by atoms with Gasteiger partial charge < -0.3 is 24.4 Å². The van der Waals surface area contributed by atoms with Crippen LogP contribution in [0.15, 0.2) is 42.5 Å². The summed E-state index contributed by atoms with van der Waals surface area (Å²) in [6.07, 6.45) is 0.939. The van der Waals surface area contributed by atoms with Gasteiger partial charge in [0.25, 0.3) is 0 Å². The SMILES string of the molecule is COCc1cccc(CNC(=O)[C@H]2CC(=O)N(CCc3ccc(OC)c(OC)c3)C2)c1. The Morgan fingerprint density at radius 2 is 1.81 bits per heavy atom. The van der Waals surface area contributed by atoms with Crippen molar-refractivity contribution >= 4 is 11.8 Å². The topological polar surface area (TPSA) is 77.1 Å². The number of methoxy groups -OCH3 is 3. The minimum Gasteiger partial charge on any atom is -0.493 e. The average molecular weight is 427 g/mol. The van der Waals surface area contributed by atoms with Gasteiger partial charge >= 0.3 is 0 Å². The summed E-state index contributed by atoms with van der Waals surface area (Å²) in [5.74, 6) is 0.953. The van der Waals surface area contributed by atoms with Gasteiger partial charge in [0.15, 0.2) is 11.5 Å². The molecule has 2 amide bonds. The van der Waals surface area contributed by atoms with Crippen LogP contribution in [-0.2, 0) is 33.9 Å². The van der Waals surface area contributed by atoms with Crippen LogP contribution in [0.2, 0.25) is 0 Å². The van der Waals surface area contributed by atoms with Crippen LogP contribution in [0.25, 0.3) is 0 Å². The first-order valence-electron chi connectivity index (χ1n) is 10.4. The summed E-state index contributed by atoms with van der Waals surface area (Å²) in [5, 5.41) is 2.96. The van der Waals surface area contributed by atoms with Crippen LogP contribution in [0.3, 0.4) is 0 Å². The third-order valence-corrected chi connectivity index (χ3v) is 5.47. The van der Waals surface area contributed by atoms with Gasteiger partial charge in [-0.05, 0) is 35.2 Å². The van der Waals surface area contributed by atoms with Gasteiger partial charge in [-0.3, -0.25) is 9.59 Å². The molecule has 2 aromatic carbocycles. The van der Waals surface area contributed by atoms with Crippen molar-refractivity contribution in [2.24, 2.45) is 5.92 Å². The molecule has 0 unspecified atom stereocenters. The zero-order valence-electron chi connectivity index (χ0n) is 18.3. The lowest BCUT2D eigenvalue weighted by molar-refractivity contribution is -0.129. The fraction of sp³-hybridized carbons (Fsp3) is 0.417. The monoisotopic (exact) mass is 426 g/mol. The first-order chi connectivity index (χ1) is 15.0. The lowest BCUT2D eigenvalue weighted by Crippen LogP contribution is -2.33. The van der Waals surface area contributed by atoms with Crippen molar-refractivity contribution in [3.8, 4) is 11.5 Å². The van der Waals surface area contributed by atoms with Crippen molar-refractivity contribution in [3.05, 3.63) is 59.2 Å². The highest BCUT2D eigenvalue weighted by atomic mass is 16.5. The largest absolute Gasteiger partial charge is 0.493 e. The molecule has 31 heavy (non-hydrogen) atoms. The van der Waals surface area contributed by atoms with Crippen LogP contribution < -0.4 is 14.8 Å². The van der Waals surface area contributed by atoms with Gasteiger partial charge in [-0.1, -0.05) is 30.3 Å². The summed E-state index contributed by atoms with van der Waals surface area (Å²) in [4.78, 5) is 26.8. The summed E-state index contributed by atoms with van der Waals surface area (Å²) in [5.41, 5.74) is 3.12. The van der Waals surface area contributed by atoms with Crippen LogP contribution in [0.5, 0.6) is 11.5 Å². The molecule has 1 aliphatic heterocycles. The maximum absolute atomic E-state index is 12.6. The highest BCUT2D eigenvalue weighted by Crippen LogP contribution is 2.28. The highest BCUT2D eigenvalue weighted by Gasteiger charge is 2.33. The Hall–Kier alpha value is -3.06. The van der Waals surface area contributed by atoms with Gasteiger partial charge in [0.05, 0.1) is 26.7 Å². The highest BCUT2D eigenvalue weighted by molar-refractivity contribution is 5.89. The predicted octanol–water partition coefficient (Wildman–Crippen LogP) is 2.56. The zero-order chi connectivity index (χ0) is 22.2. The average Bonchev–Trinajstić information content (AvgIpc) is 3.17. The number of rotatable bonds is 10. The van der Waals surface area contributed by atoms with Crippen molar-refractivity contribution in [2.45, 2.75) is 26.0 Å². The summed E-state index contributed by atoms with van der Waals surface area (Å²) < 4.78 is 15.7. The van der Waals surface area contributed by atoms with E-state index in [1.54, 1.807) is 26.2 Å². The second kappa shape index (κ2) is 10.8. The van der Waals surface area contributed by atoms with Gasteiger partial charge in [0.2, 0.25) is 11.8 Å². The van der Waals surface area contributed by atoms with Gasteiger partial charge in [0.1, 0.15) is 0 Å². The molecule has 0 aromatic heterocycles. The second-order valence-electron chi connectivity index (χ2n) is 7.65. The number of carbonyl (C=O) groups excluding carboxylic acids is 2. The van der Waals surface area contributed by atoms with Crippen molar-refractivity contribution in [1.29, 1.82) is 0 Å². The molecule has 7 heteroatoms. The first kappa shape index (κ1) is 22.6. The molecule has 0 radical (unpaired) electrons. The summed E-state index contributed by atoms with van der Waals surface area (Å²) in [7, 11) is 4.85. The molecular formula is C24H30N2O5. The lowest BCUT2D eigenvalue weighted by atomic mass is 10.1. The van der Waals surface area contributed by atoms with Gasteiger partial charge in [-0.15, -0.1) is 0 Å². The maximum atomic E-state index is 12.6. The molecule has 0 spiro atoms. The van der Waals surface area contributed by atoms with Crippen molar-refractivity contribution in [3.63, 3.8) is 0 Å². The second-order valence-corrected chi connectivity index (χ2v) is 7.65. The lowest BCUT2D eigenvalue weighted by Gasteiger charge is -2.17. The predicted molar refractivity (Wildman–Crippen MR) is 117 cm³/mol. The van der Waals surface area contributed by atoms with E-state index in [4.69, 9.17) is 14.2 Å². The number of ether oxygens (including phenoxy) is 3. The Kier molecular flexibility index (Phi) is 7.89. The number of likely N-dealkylation sites (tertiary alicyclic amines) is 1. The molecule has 1 atom stereocenters. The Balaban J connectivity index is 1.50. The standard InChI is InChI=1S/C24H30N2O5/c1-29-16-19-6-4-5-18(11-19)14-25-24(28)20-13-23(27)26(15-20)10-9-17-7-8-21(30-2)22(12-17)31-3/h4-8,11-12,20H,9-10,13-16H2,1-3H3,(H,25,28)/t20-/m0/s1. The Labute approximate surface area is 183 Å². The van der Waals surface area contributed by atoms with Crippen LogP contribution in [0, 0.1) is 5.92 Å². The number of nitrogens with zero attached hydrogens (tertiary/aromatic N) is 1. The molecule has 7 nitrogen and oxygen atoms in total. The molecule has 3 rings (SSSR count). The molecule has 2 aromatic rings. The summed E-state index contributed by atoms with van der Waals surface area (Å²) >= 11 is 0. The molecule has 1 heterocycles. The molecule has 1 saturated heterocycles. The molecule has 166 valence electrons. The Morgan fingerprint density at radius 3 is 2.55 bits per heavy atom. The van der Waals surface area contributed by atoms with E-state index in [-0.39, 0.29) is 24.2 Å². The number of benzene rings is 2. The van der Waals surface area contributed by atoms with E-state index in [0.29, 0.717) is 44.2 Å². The number of carbonyl (C=O) groups is 2. The number of nitrogens with one attached hydrogen (secondary N) is 1. The van der Waals surface area contributed by atoms with Gasteiger partial charge in [-0.25, -0.2) is 0 Å². The van der Waals surface area contributed by atoms with Crippen molar-refractivity contribution < 1.29 is 23.8 Å². The fourth-order valence-corrected chi connectivity index (χ4v) is 3.79. The van der Waals surface area contributed by atoms with Crippen LogP contribution in [-0.4, -0.2) is 51.1 Å². The summed E-state index contributed by atoms with van der Waals surface area (Å²) in [6, 6.07) is 13.7. The Morgan fingerprint density at radius 1 is 1.03 bits per heavy atom. The summed E-state index contributed by atoms with van der Waals surface area (Å²) in [6.45, 7) is 1.99. The Bertz CT molecular complexity index is 915. The van der Waals surface area contributed by atoms with Gasteiger partial charge in [0, 0.05) is 33.2 Å². The molecule has 1 N–H and O–H groups in total. The number of amides is 2. The van der Waals surface area contributed by atoms with Crippen molar-refractivity contribution in [1.82, 2.24) is 10.2 Å². The molecule has 0 bridgehead atoms. The maximum Gasteiger partial charge on any atom is 0.225 e.